The lowest BCUT2D eigenvalue weighted by atomic mass is 9.92. The van der Waals surface area contributed by atoms with Crippen molar-refractivity contribution in [2.24, 2.45) is 22.7 Å². The number of hydrogen-bond donors (Lipinski definition) is 1. The van der Waals surface area contributed by atoms with E-state index < -0.39 is 0 Å². The number of nitrogens with one attached hydrogen (secondary N) is 1. The van der Waals surface area contributed by atoms with Gasteiger partial charge >= 0.3 is 0 Å². The molecule has 3 atom stereocenters. The van der Waals surface area contributed by atoms with Crippen molar-refractivity contribution < 1.29 is 0 Å². The normalized spacial score (nSPS) is 30.0. The highest BCUT2D eigenvalue weighted by molar-refractivity contribution is 14.0. The molecule has 2 aliphatic rings. The minimum atomic E-state index is 0. The molecule has 1 N–H and O–H groups in total. The van der Waals surface area contributed by atoms with Crippen LogP contribution in [-0.2, 0) is 0 Å². The van der Waals surface area contributed by atoms with E-state index in [1.165, 1.54) is 38.9 Å². The fourth-order valence-electron chi connectivity index (χ4n) is 4.06. The molecule has 2 heterocycles. The molecule has 0 aromatic rings. The number of halogens is 1. The Morgan fingerprint density at radius 1 is 1.13 bits per heavy atom. The predicted octanol–water partition coefficient (Wildman–Crippen LogP) is 3.28. The smallest absolute Gasteiger partial charge is 0.193 e. The van der Waals surface area contributed by atoms with Crippen molar-refractivity contribution in [2.45, 2.75) is 47.0 Å². The number of rotatable bonds is 4. The van der Waals surface area contributed by atoms with Crippen molar-refractivity contribution in [1.82, 2.24) is 15.1 Å². The van der Waals surface area contributed by atoms with Crippen LogP contribution in [0.3, 0.4) is 0 Å². The number of hydrogen-bond acceptors (Lipinski definition) is 2. The Morgan fingerprint density at radius 3 is 2.43 bits per heavy atom. The molecule has 2 rings (SSSR count). The third kappa shape index (κ3) is 6.77. The summed E-state index contributed by atoms with van der Waals surface area (Å²) in [6.07, 6.45) is 4.03. The molecule has 0 bridgehead atoms. The van der Waals surface area contributed by atoms with Gasteiger partial charge in [0.05, 0.1) is 0 Å². The number of likely N-dealkylation sites (tertiary alicyclic amines) is 2. The second-order valence-corrected chi connectivity index (χ2v) is 7.45. The average Bonchev–Trinajstić information content (AvgIpc) is 2.50. The Kier molecular flexibility index (Phi) is 9.82. The van der Waals surface area contributed by atoms with Gasteiger partial charge in [-0.1, -0.05) is 20.8 Å². The van der Waals surface area contributed by atoms with Crippen LogP contribution in [0.2, 0.25) is 0 Å². The zero-order valence-corrected chi connectivity index (χ0v) is 17.9. The van der Waals surface area contributed by atoms with E-state index in [4.69, 9.17) is 4.99 Å². The summed E-state index contributed by atoms with van der Waals surface area (Å²) in [6, 6.07) is 0. The van der Waals surface area contributed by atoms with Crippen molar-refractivity contribution in [2.75, 3.05) is 45.8 Å². The molecule has 0 radical (unpaired) electrons. The topological polar surface area (TPSA) is 30.9 Å². The van der Waals surface area contributed by atoms with Gasteiger partial charge in [0.1, 0.15) is 0 Å². The number of aliphatic imine (C=N–C) groups is 1. The first kappa shape index (κ1) is 21.0. The van der Waals surface area contributed by atoms with E-state index in [1.54, 1.807) is 0 Å². The highest BCUT2D eigenvalue weighted by Gasteiger charge is 2.24. The minimum Gasteiger partial charge on any atom is -0.357 e. The monoisotopic (exact) mass is 436 g/mol. The van der Waals surface area contributed by atoms with Crippen LogP contribution in [0.15, 0.2) is 4.99 Å². The minimum absolute atomic E-state index is 0. The van der Waals surface area contributed by atoms with Crippen molar-refractivity contribution in [3.63, 3.8) is 0 Å². The second-order valence-electron chi connectivity index (χ2n) is 7.45. The van der Waals surface area contributed by atoms with Gasteiger partial charge in [-0.05, 0) is 57.0 Å². The zero-order valence-electron chi connectivity index (χ0n) is 15.6. The first-order valence-electron chi connectivity index (χ1n) is 9.37. The van der Waals surface area contributed by atoms with Crippen molar-refractivity contribution >= 4 is 29.9 Å². The number of nitrogens with zero attached hydrogens (tertiary/aromatic N) is 3. The molecule has 0 spiro atoms. The van der Waals surface area contributed by atoms with E-state index in [2.05, 4.69) is 42.8 Å². The molecule has 0 saturated carbocycles. The Bertz CT molecular complexity index is 351. The van der Waals surface area contributed by atoms with E-state index in [0.29, 0.717) is 0 Å². The second kappa shape index (κ2) is 10.7. The van der Waals surface area contributed by atoms with Gasteiger partial charge in [0.25, 0.3) is 0 Å². The maximum absolute atomic E-state index is 5.00. The molecule has 2 saturated heterocycles. The lowest BCUT2D eigenvalue weighted by Gasteiger charge is -2.37. The summed E-state index contributed by atoms with van der Waals surface area (Å²) in [7, 11) is 0. The van der Waals surface area contributed by atoms with Gasteiger partial charge in [0.15, 0.2) is 5.96 Å². The lowest BCUT2D eigenvalue weighted by molar-refractivity contribution is 0.184. The molecule has 3 unspecified atom stereocenters. The standard InChI is InChI=1S/C18H36N4.HI/c1-5-19-18(22-12-15(3)10-16(4)13-22)20-11-17-8-7-9-21(6-2)14-17;/h15-17H,5-14H2,1-4H3,(H,19,20);1H. The third-order valence-corrected chi connectivity index (χ3v) is 5.05. The van der Waals surface area contributed by atoms with E-state index in [1.807, 2.05) is 0 Å². The predicted molar refractivity (Wildman–Crippen MR) is 111 cm³/mol. The van der Waals surface area contributed by atoms with Gasteiger partial charge in [-0.25, -0.2) is 0 Å². The first-order valence-corrected chi connectivity index (χ1v) is 9.37. The Hall–Kier alpha value is -0.0400. The molecule has 4 nitrogen and oxygen atoms in total. The van der Waals surface area contributed by atoms with Gasteiger partial charge in [0, 0.05) is 32.7 Å². The Morgan fingerprint density at radius 2 is 1.83 bits per heavy atom. The Balaban J connectivity index is 0.00000264. The fraction of sp³-hybridized carbons (Fsp3) is 0.944. The average molecular weight is 436 g/mol. The molecule has 2 aliphatic heterocycles. The molecule has 5 heteroatoms. The summed E-state index contributed by atoms with van der Waals surface area (Å²) in [4.78, 5) is 10.1. The van der Waals surface area contributed by atoms with Crippen LogP contribution in [0.25, 0.3) is 0 Å². The summed E-state index contributed by atoms with van der Waals surface area (Å²) in [6.45, 7) is 17.1. The van der Waals surface area contributed by atoms with Crippen LogP contribution in [0.1, 0.15) is 47.0 Å². The van der Waals surface area contributed by atoms with E-state index in [-0.39, 0.29) is 24.0 Å². The van der Waals surface area contributed by atoms with Gasteiger partial charge in [0.2, 0.25) is 0 Å². The van der Waals surface area contributed by atoms with Crippen LogP contribution in [0.5, 0.6) is 0 Å². The van der Waals surface area contributed by atoms with Crippen molar-refractivity contribution in [3.8, 4) is 0 Å². The fourth-order valence-corrected chi connectivity index (χ4v) is 4.06. The quantitative estimate of drug-likeness (QED) is 0.417. The van der Waals surface area contributed by atoms with Gasteiger partial charge in [-0.15, -0.1) is 24.0 Å². The Labute approximate surface area is 160 Å². The lowest BCUT2D eigenvalue weighted by Crippen LogP contribution is -2.48. The third-order valence-electron chi connectivity index (χ3n) is 5.05. The van der Waals surface area contributed by atoms with Gasteiger partial charge in [-0.3, -0.25) is 4.99 Å². The summed E-state index contributed by atoms with van der Waals surface area (Å²) in [5, 5.41) is 3.52. The molecular weight excluding hydrogens is 399 g/mol. The molecule has 2 fully saturated rings. The molecule has 0 amide bonds. The van der Waals surface area contributed by atoms with E-state index in [9.17, 15) is 0 Å². The summed E-state index contributed by atoms with van der Waals surface area (Å²) >= 11 is 0. The van der Waals surface area contributed by atoms with E-state index >= 15 is 0 Å². The molecule has 0 aliphatic carbocycles. The molecule has 136 valence electrons. The van der Waals surface area contributed by atoms with E-state index in [0.717, 1.165) is 49.9 Å². The largest absolute Gasteiger partial charge is 0.357 e. The van der Waals surface area contributed by atoms with Gasteiger partial charge in [-0.2, -0.15) is 0 Å². The van der Waals surface area contributed by atoms with Crippen LogP contribution >= 0.6 is 24.0 Å². The van der Waals surface area contributed by atoms with Crippen molar-refractivity contribution in [1.29, 1.82) is 0 Å². The highest BCUT2D eigenvalue weighted by Crippen LogP contribution is 2.21. The SMILES string of the molecule is CCNC(=NCC1CCCN(CC)C1)N1CC(C)CC(C)C1.I. The summed E-state index contributed by atoms with van der Waals surface area (Å²) in [5.74, 6) is 3.44. The zero-order chi connectivity index (χ0) is 15.9. The number of piperidine rings is 2. The first-order chi connectivity index (χ1) is 10.6. The van der Waals surface area contributed by atoms with Crippen LogP contribution < -0.4 is 5.32 Å². The maximum atomic E-state index is 5.00. The summed E-state index contributed by atoms with van der Waals surface area (Å²) < 4.78 is 0. The van der Waals surface area contributed by atoms with Crippen LogP contribution in [-0.4, -0.2) is 61.6 Å². The summed E-state index contributed by atoms with van der Waals surface area (Å²) in [5.41, 5.74) is 0. The highest BCUT2D eigenvalue weighted by atomic mass is 127. The number of guanidine groups is 1. The van der Waals surface area contributed by atoms with Crippen molar-refractivity contribution in [3.05, 3.63) is 0 Å². The molecule has 0 aromatic heterocycles. The van der Waals surface area contributed by atoms with Crippen LogP contribution in [0, 0.1) is 17.8 Å². The van der Waals surface area contributed by atoms with Crippen LogP contribution in [0.4, 0.5) is 0 Å². The van der Waals surface area contributed by atoms with Gasteiger partial charge < -0.3 is 15.1 Å². The molecular formula is C18H37IN4. The molecule has 0 aromatic carbocycles. The maximum Gasteiger partial charge on any atom is 0.193 e. The molecule has 23 heavy (non-hydrogen) atoms.